The van der Waals surface area contributed by atoms with Crippen LogP contribution < -0.4 is 14.9 Å². The maximum Gasteiger partial charge on any atom is 0.275 e. The van der Waals surface area contributed by atoms with Crippen LogP contribution in [0, 0.1) is 0 Å². The molecule has 5 nitrogen and oxygen atoms in total. The van der Waals surface area contributed by atoms with E-state index in [4.69, 9.17) is 9.47 Å². The standard InChI is InChI=1S/C24H24N2O3/c1-2-16-28-23-11-7-6-10-22(23)24(27)26-25-17-19-12-14-21(15-13-19)29-18-20-8-4-3-5-9-20/h3-15,17H,2,16,18H2,1H3,(H,26,27)/b25-17+. The van der Waals surface area contributed by atoms with Gasteiger partial charge in [0.2, 0.25) is 0 Å². The number of benzene rings is 3. The van der Waals surface area contributed by atoms with Crippen molar-refractivity contribution in [3.8, 4) is 11.5 Å². The second-order valence-electron chi connectivity index (χ2n) is 6.39. The Morgan fingerprint density at radius 1 is 0.931 bits per heavy atom. The van der Waals surface area contributed by atoms with Crippen LogP contribution in [0.5, 0.6) is 11.5 Å². The number of nitrogens with one attached hydrogen (secondary N) is 1. The van der Waals surface area contributed by atoms with Gasteiger partial charge in [-0.15, -0.1) is 0 Å². The van der Waals surface area contributed by atoms with Gasteiger partial charge in [0.15, 0.2) is 0 Å². The lowest BCUT2D eigenvalue weighted by molar-refractivity contribution is 0.0951. The van der Waals surface area contributed by atoms with Crippen LogP contribution >= 0.6 is 0 Å². The van der Waals surface area contributed by atoms with Crippen molar-refractivity contribution < 1.29 is 14.3 Å². The maximum atomic E-state index is 12.4. The zero-order valence-electron chi connectivity index (χ0n) is 16.4. The minimum atomic E-state index is -0.309. The third-order valence-electron chi connectivity index (χ3n) is 4.10. The lowest BCUT2D eigenvalue weighted by Crippen LogP contribution is -2.18. The molecule has 0 unspecified atom stereocenters. The van der Waals surface area contributed by atoms with Crippen molar-refractivity contribution in [1.82, 2.24) is 5.43 Å². The highest BCUT2D eigenvalue weighted by atomic mass is 16.5. The van der Waals surface area contributed by atoms with Gasteiger partial charge >= 0.3 is 0 Å². The van der Waals surface area contributed by atoms with E-state index in [-0.39, 0.29) is 5.91 Å². The number of hydrazone groups is 1. The van der Waals surface area contributed by atoms with Gasteiger partial charge in [0.1, 0.15) is 18.1 Å². The lowest BCUT2D eigenvalue weighted by Gasteiger charge is -2.09. The summed E-state index contributed by atoms with van der Waals surface area (Å²) in [5.74, 6) is 1.02. The van der Waals surface area contributed by atoms with E-state index in [9.17, 15) is 4.79 Å². The van der Waals surface area contributed by atoms with Crippen LogP contribution in [0.3, 0.4) is 0 Å². The van der Waals surface area contributed by atoms with Crippen LogP contribution in [-0.2, 0) is 6.61 Å². The molecule has 0 aliphatic rings. The van der Waals surface area contributed by atoms with Gasteiger partial charge in [-0.05, 0) is 53.9 Å². The Kier molecular flexibility index (Phi) is 7.41. The zero-order chi connectivity index (χ0) is 20.3. The van der Waals surface area contributed by atoms with Crippen molar-refractivity contribution in [3.63, 3.8) is 0 Å². The van der Waals surface area contributed by atoms with Crippen LogP contribution in [-0.4, -0.2) is 18.7 Å². The summed E-state index contributed by atoms with van der Waals surface area (Å²) in [7, 11) is 0. The Bertz CT molecular complexity index is 938. The summed E-state index contributed by atoms with van der Waals surface area (Å²) in [6, 6.07) is 24.6. The van der Waals surface area contributed by atoms with Crippen molar-refractivity contribution in [2.75, 3.05) is 6.61 Å². The molecule has 1 N–H and O–H groups in total. The molecule has 0 radical (unpaired) electrons. The highest BCUT2D eigenvalue weighted by molar-refractivity contribution is 5.97. The number of para-hydroxylation sites is 1. The lowest BCUT2D eigenvalue weighted by atomic mass is 10.2. The minimum Gasteiger partial charge on any atom is -0.493 e. The van der Waals surface area contributed by atoms with Gasteiger partial charge in [-0.3, -0.25) is 4.79 Å². The Morgan fingerprint density at radius 3 is 2.41 bits per heavy atom. The Labute approximate surface area is 171 Å². The molecular formula is C24H24N2O3. The predicted octanol–water partition coefficient (Wildman–Crippen LogP) is 4.82. The quantitative estimate of drug-likeness (QED) is 0.422. The first kappa shape index (κ1) is 20.1. The molecule has 5 heteroatoms. The molecule has 0 saturated heterocycles. The van der Waals surface area contributed by atoms with Gasteiger partial charge in [-0.25, -0.2) is 5.43 Å². The topological polar surface area (TPSA) is 59.9 Å². The van der Waals surface area contributed by atoms with Crippen molar-refractivity contribution in [1.29, 1.82) is 0 Å². The first-order chi connectivity index (χ1) is 14.3. The molecule has 148 valence electrons. The smallest absolute Gasteiger partial charge is 0.275 e. The average molecular weight is 388 g/mol. The number of hydrogen-bond acceptors (Lipinski definition) is 4. The van der Waals surface area contributed by atoms with Crippen LogP contribution in [0.2, 0.25) is 0 Å². The molecule has 0 fully saturated rings. The molecule has 0 bridgehead atoms. The predicted molar refractivity (Wildman–Crippen MR) is 115 cm³/mol. The van der Waals surface area contributed by atoms with E-state index in [1.165, 1.54) is 0 Å². The summed E-state index contributed by atoms with van der Waals surface area (Å²) in [5.41, 5.74) is 4.98. The molecule has 0 heterocycles. The number of rotatable bonds is 9. The molecule has 0 aromatic heterocycles. The van der Waals surface area contributed by atoms with Crippen LogP contribution in [0.4, 0.5) is 0 Å². The van der Waals surface area contributed by atoms with Gasteiger partial charge in [-0.1, -0.05) is 49.4 Å². The Morgan fingerprint density at radius 2 is 1.66 bits per heavy atom. The van der Waals surface area contributed by atoms with Crippen molar-refractivity contribution in [2.24, 2.45) is 5.10 Å². The first-order valence-corrected chi connectivity index (χ1v) is 9.58. The molecule has 1 amide bonds. The highest BCUT2D eigenvalue weighted by Gasteiger charge is 2.10. The van der Waals surface area contributed by atoms with Gasteiger partial charge in [0, 0.05) is 0 Å². The second-order valence-corrected chi connectivity index (χ2v) is 6.39. The molecule has 0 spiro atoms. The molecule has 0 saturated carbocycles. The van der Waals surface area contributed by atoms with Crippen LogP contribution in [0.1, 0.15) is 34.8 Å². The summed E-state index contributed by atoms with van der Waals surface area (Å²) in [6.45, 7) is 3.10. The number of hydrogen-bond donors (Lipinski definition) is 1. The monoisotopic (exact) mass is 388 g/mol. The second kappa shape index (κ2) is 10.7. The van der Waals surface area contributed by atoms with E-state index in [0.29, 0.717) is 24.5 Å². The van der Waals surface area contributed by atoms with E-state index in [0.717, 1.165) is 23.3 Å². The number of amides is 1. The van der Waals surface area contributed by atoms with E-state index in [1.54, 1.807) is 24.4 Å². The van der Waals surface area contributed by atoms with E-state index >= 15 is 0 Å². The first-order valence-electron chi connectivity index (χ1n) is 9.58. The Balaban J connectivity index is 1.53. The van der Waals surface area contributed by atoms with Crippen LogP contribution in [0.25, 0.3) is 0 Å². The minimum absolute atomic E-state index is 0.309. The zero-order valence-corrected chi connectivity index (χ0v) is 16.4. The highest BCUT2D eigenvalue weighted by Crippen LogP contribution is 2.18. The number of carbonyl (C=O) groups is 1. The fraction of sp³-hybridized carbons (Fsp3) is 0.167. The summed E-state index contributed by atoms with van der Waals surface area (Å²) >= 11 is 0. The number of ether oxygens (including phenoxy) is 2. The third-order valence-corrected chi connectivity index (χ3v) is 4.10. The Hall–Kier alpha value is -3.60. The summed E-state index contributed by atoms with van der Waals surface area (Å²) in [6.07, 6.45) is 2.47. The SMILES string of the molecule is CCCOc1ccccc1C(=O)N/N=C/c1ccc(OCc2ccccc2)cc1. The molecule has 3 aromatic rings. The van der Waals surface area contributed by atoms with E-state index < -0.39 is 0 Å². The molecule has 0 aliphatic heterocycles. The molecule has 29 heavy (non-hydrogen) atoms. The summed E-state index contributed by atoms with van der Waals surface area (Å²) < 4.78 is 11.4. The normalized spacial score (nSPS) is 10.7. The van der Waals surface area contributed by atoms with Gasteiger partial charge in [-0.2, -0.15) is 5.10 Å². The fourth-order valence-corrected chi connectivity index (χ4v) is 2.61. The average Bonchev–Trinajstić information content (AvgIpc) is 2.78. The molecular weight excluding hydrogens is 364 g/mol. The van der Waals surface area contributed by atoms with Crippen molar-refractivity contribution >= 4 is 12.1 Å². The largest absolute Gasteiger partial charge is 0.493 e. The van der Waals surface area contributed by atoms with Crippen LogP contribution in [0.15, 0.2) is 84.0 Å². The molecule has 0 atom stereocenters. The summed E-state index contributed by atoms with van der Waals surface area (Å²) in [4.78, 5) is 12.4. The van der Waals surface area contributed by atoms with Gasteiger partial charge < -0.3 is 9.47 Å². The summed E-state index contributed by atoms with van der Waals surface area (Å²) in [5, 5.41) is 4.04. The third kappa shape index (κ3) is 6.21. The number of nitrogens with zero attached hydrogens (tertiary/aromatic N) is 1. The van der Waals surface area contributed by atoms with Gasteiger partial charge in [0.05, 0.1) is 18.4 Å². The van der Waals surface area contributed by atoms with Crippen molar-refractivity contribution in [2.45, 2.75) is 20.0 Å². The van der Waals surface area contributed by atoms with Gasteiger partial charge in [0.25, 0.3) is 5.91 Å². The molecule has 0 aliphatic carbocycles. The molecule has 3 rings (SSSR count). The van der Waals surface area contributed by atoms with Crippen molar-refractivity contribution in [3.05, 3.63) is 95.6 Å². The maximum absolute atomic E-state index is 12.4. The van der Waals surface area contributed by atoms with E-state index in [2.05, 4.69) is 10.5 Å². The fourth-order valence-electron chi connectivity index (χ4n) is 2.61. The molecule has 3 aromatic carbocycles. The van der Waals surface area contributed by atoms with E-state index in [1.807, 2.05) is 67.6 Å². The number of carbonyl (C=O) groups excluding carboxylic acids is 1.